The Bertz CT molecular complexity index is 504. The van der Waals surface area contributed by atoms with Gasteiger partial charge >= 0.3 is 5.97 Å². The van der Waals surface area contributed by atoms with Gasteiger partial charge in [0.15, 0.2) is 0 Å². The number of hydrogen-bond donors (Lipinski definition) is 2. The summed E-state index contributed by atoms with van der Waals surface area (Å²) in [6.45, 7) is 5.50. The molecule has 1 aromatic carbocycles. The summed E-state index contributed by atoms with van der Waals surface area (Å²) < 4.78 is 0. The lowest BCUT2D eigenvalue weighted by molar-refractivity contribution is -0.124. The monoisotopic (exact) mass is 303 g/mol. The van der Waals surface area contributed by atoms with Crippen LogP contribution in [-0.4, -0.2) is 17.0 Å². The topological polar surface area (TPSA) is 66.4 Å². The number of carbonyl (C=O) groups excluding carboxylic acids is 1. The standard InChI is InChI=1S/C13H15Cl2NO3/c1-4-13(2,3)12(19)16-10-8(14)5-7(11(17)18)6-9(10)15/h5-6H,4H2,1-3H3,(H,16,19)(H,17,18). The molecule has 0 saturated carbocycles. The van der Waals surface area contributed by atoms with E-state index in [9.17, 15) is 9.59 Å². The Morgan fingerprint density at radius 3 is 2.11 bits per heavy atom. The minimum absolute atomic E-state index is 0.0252. The first-order chi connectivity index (χ1) is 8.69. The Morgan fingerprint density at radius 1 is 1.26 bits per heavy atom. The summed E-state index contributed by atoms with van der Waals surface area (Å²) in [5.74, 6) is -1.35. The number of amides is 1. The molecule has 0 aliphatic rings. The first kappa shape index (κ1) is 15.8. The fourth-order valence-corrected chi connectivity index (χ4v) is 1.84. The molecule has 0 atom stereocenters. The molecular formula is C13H15Cl2NO3. The summed E-state index contributed by atoms with van der Waals surface area (Å²) in [4.78, 5) is 22.9. The summed E-state index contributed by atoms with van der Waals surface area (Å²) >= 11 is 11.9. The zero-order chi connectivity index (χ0) is 14.8. The van der Waals surface area contributed by atoms with Gasteiger partial charge in [-0.3, -0.25) is 4.79 Å². The van der Waals surface area contributed by atoms with Gasteiger partial charge < -0.3 is 10.4 Å². The molecule has 0 heterocycles. The summed E-state index contributed by atoms with van der Waals surface area (Å²) in [7, 11) is 0. The third-order valence-corrected chi connectivity index (χ3v) is 3.62. The van der Waals surface area contributed by atoms with Crippen molar-refractivity contribution in [1.82, 2.24) is 0 Å². The van der Waals surface area contributed by atoms with Crippen molar-refractivity contribution in [2.45, 2.75) is 27.2 Å². The van der Waals surface area contributed by atoms with E-state index >= 15 is 0 Å². The van der Waals surface area contributed by atoms with Gasteiger partial charge in [-0.05, 0) is 18.6 Å². The van der Waals surface area contributed by atoms with E-state index in [4.69, 9.17) is 28.3 Å². The lowest BCUT2D eigenvalue weighted by Gasteiger charge is -2.22. The van der Waals surface area contributed by atoms with Gasteiger partial charge in [-0.25, -0.2) is 4.79 Å². The van der Waals surface area contributed by atoms with Crippen LogP contribution in [0.3, 0.4) is 0 Å². The molecule has 4 nitrogen and oxygen atoms in total. The summed E-state index contributed by atoms with van der Waals surface area (Å²) in [6, 6.07) is 2.51. The van der Waals surface area contributed by atoms with Gasteiger partial charge in [0.2, 0.25) is 5.91 Å². The molecule has 2 N–H and O–H groups in total. The molecule has 1 rings (SSSR count). The Hall–Kier alpha value is -1.26. The maximum Gasteiger partial charge on any atom is 0.335 e. The van der Waals surface area contributed by atoms with Gasteiger partial charge in [0.05, 0.1) is 21.3 Å². The summed E-state index contributed by atoms with van der Waals surface area (Å²) in [5, 5.41) is 11.7. The molecule has 0 unspecified atom stereocenters. The zero-order valence-electron chi connectivity index (χ0n) is 10.9. The van der Waals surface area contributed by atoms with E-state index in [1.807, 2.05) is 6.92 Å². The quantitative estimate of drug-likeness (QED) is 0.881. The SMILES string of the molecule is CCC(C)(C)C(=O)Nc1c(Cl)cc(C(=O)O)cc1Cl. The van der Waals surface area contributed by atoms with Gasteiger partial charge in [0.1, 0.15) is 0 Å². The molecule has 0 fully saturated rings. The maximum absolute atomic E-state index is 12.0. The van der Waals surface area contributed by atoms with Crippen molar-refractivity contribution in [3.63, 3.8) is 0 Å². The first-order valence-corrected chi connectivity index (χ1v) is 6.48. The highest BCUT2D eigenvalue weighted by Crippen LogP contribution is 2.33. The first-order valence-electron chi connectivity index (χ1n) is 5.73. The number of hydrogen-bond acceptors (Lipinski definition) is 2. The number of anilines is 1. The second kappa shape index (κ2) is 5.80. The number of rotatable bonds is 4. The highest BCUT2D eigenvalue weighted by Gasteiger charge is 2.26. The molecule has 19 heavy (non-hydrogen) atoms. The number of benzene rings is 1. The van der Waals surface area contributed by atoms with Crippen LogP contribution < -0.4 is 5.32 Å². The molecule has 1 aromatic rings. The largest absolute Gasteiger partial charge is 0.478 e. The van der Waals surface area contributed by atoms with Crippen LogP contribution in [0, 0.1) is 5.41 Å². The molecule has 0 radical (unpaired) electrons. The smallest absolute Gasteiger partial charge is 0.335 e. The van der Waals surface area contributed by atoms with Gasteiger partial charge in [0.25, 0.3) is 0 Å². The van der Waals surface area contributed by atoms with Crippen LogP contribution in [0.4, 0.5) is 5.69 Å². The third-order valence-electron chi connectivity index (χ3n) is 3.03. The van der Waals surface area contributed by atoms with Gasteiger partial charge in [-0.2, -0.15) is 0 Å². The summed E-state index contributed by atoms with van der Waals surface area (Å²) in [5.41, 5.74) is -0.347. The molecule has 0 aliphatic heterocycles. The van der Waals surface area contributed by atoms with E-state index in [1.165, 1.54) is 12.1 Å². The number of aromatic carboxylic acids is 1. The summed E-state index contributed by atoms with van der Waals surface area (Å²) in [6.07, 6.45) is 0.654. The Kier molecular flexibility index (Phi) is 4.82. The molecule has 0 saturated heterocycles. The number of carbonyl (C=O) groups is 2. The lowest BCUT2D eigenvalue weighted by atomic mass is 9.89. The van der Waals surface area contributed by atoms with E-state index in [0.29, 0.717) is 6.42 Å². The van der Waals surface area contributed by atoms with E-state index in [0.717, 1.165) is 0 Å². The molecule has 0 aliphatic carbocycles. The number of carboxylic acid groups (broad SMARTS) is 1. The van der Waals surface area contributed by atoms with Crippen molar-refractivity contribution < 1.29 is 14.7 Å². The molecule has 0 aromatic heterocycles. The highest BCUT2D eigenvalue weighted by atomic mass is 35.5. The molecular weight excluding hydrogens is 289 g/mol. The molecule has 6 heteroatoms. The average Bonchev–Trinajstić information content (AvgIpc) is 2.32. The van der Waals surface area contributed by atoms with Gasteiger partial charge in [-0.15, -0.1) is 0 Å². The normalized spacial score (nSPS) is 11.2. The highest BCUT2D eigenvalue weighted by molar-refractivity contribution is 6.40. The van der Waals surface area contributed by atoms with Crippen molar-refractivity contribution in [3.05, 3.63) is 27.7 Å². The van der Waals surface area contributed by atoms with Crippen LogP contribution in [0.5, 0.6) is 0 Å². The second-order valence-electron chi connectivity index (χ2n) is 4.81. The minimum Gasteiger partial charge on any atom is -0.478 e. The number of nitrogens with one attached hydrogen (secondary N) is 1. The van der Waals surface area contributed by atoms with E-state index in [-0.39, 0.29) is 27.2 Å². The fourth-order valence-electron chi connectivity index (χ4n) is 1.26. The molecule has 1 amide bonds. The van der Waals surface area contributed by atoms with Crippen LogP contribution in [0.2, 0.25) is 10.0 Å². The van der Waals surface area contributed by atoms with Crippen molar-refractivity contribution in [2.24, 2.45) is 5.41 Å². The number of carboxylic acids is 1. The Morgan fingerprint density at radius 2 is 1.74 bits per heavy atom. The average molecular weight is 304 g/mol. The second-order valence-corrected chi connectivity index (χ2v) is 5.63. The van der Waals surface area contributed by atoms with Crippen LogP contribution in [0.25, 0.3) is 0 Å². The van der Waals surface area contributed by atoms with E-state index in [1.54, 1.807) is 13.8 Å². The van der Waals surface area contributed by atoms with Crippen LogP contribution >= 0.6 is 23.2 Å². The Labute approximate surface area is 121 Å². The maximum atomic E-state index is 12.0. The van der Waals surface area contributed by atoms with Crippen LogP contribution in [0.1, 0.15) is 37.6 Å². The van der Waals surface area contributed by atoms with Crippen molar-refractivity contribution in [2.75, 3.05) is 5.32 Å². The predicted octanol–water partition coefficient (Wildman–Crippen LogP) is 4.07. The predicted molar refractivity (Wildman–Crippen MR) is 76.1 cm³/mol. The van der Waals surface area contributed by atoms with Crippen molar-refractivity contribution in [3.8, 4) is 0 Å². The van der Waals surface area contributed by atoms with Crippen molar-refractivity contribution >= 4 is 40.8 Å². The van der Waals surface area contributed by atoms with Crippen LogP contribution in [-0.2, 0) is 4.79 Å². The van der Waals surface area contributed by atoms with Gasteiger partial charge in [0, 0.05) is 5.41 Å². The fraction of sp³-hybridized carbons (Fsp3) is 0.385. The minimum atomic E-state index is -1.13. The third kappa shape index (κ3) is 3.61. The van der Waals surface area contributed by atoms with E-state index in [2.05, 4.69) is 5.32 Å². The Balaban J connectivity index is 3.10. The van der Waals surface area contributed by atoms with Crippen LogP contribution in [0.15, 0.2) is 12.1 Å². The molecule has 104 valence electrons. The van der Waals surface area contributed by atoms with Crippen molar-refractivity contribution in [1.29, 1.82) is 0 Å². The molecule has 0 bridgehead atoms. The van der Waals surface area contributed by atoms with E-state index < -0.39 is 11.4 Å². The van der Waals surface area contributed by atoms with Gasteiger partial charge in [-0.1, -0.05) is 44.0 Å². The number of halogens is 2. The molecule has 0 spiro atoms. The lowest BCUT2D eigenvalue weighted by Crippen LogP contribution is -2.30. The zero-order valence-corrected chi connectivity index (χ0v) is 12.4.